The molecule has 2 aromatic carbocycles. The second-order valence-electron chi connectivity index (χ2n) is 6.02. The summed E-state index contributed by atoms with van der Waals surface area (Å²) in [5.74, 6) is -3.67. The van der Waals surface area contributed by atoms with E-state index in [9.17, 15) is 17.6 Å². The van der Waals surface area contributed by atoms with Crippen molar-refractivity contribution >= 4 is 17.3 Å². The van der Waals surface area contributed by atoms with Crippen LogP contribution in [0.3, 0.4) is 0 Å². The lowest BCUT2D eigenvalue weighted by Gasteiger charge is -2.10. The molecule has 0 saturated heterocycles. The van der Waals surface area contributed by atoms with Gasteiger partial charge in [-0.3, -0.25) is 0 Å². The highest BCUT2D eigenvalue weighted by atomic mass is 35.5. The first-order valence-corrected chi connectivity index (χ1v) is 8.65. The fraction of sp³-hybridized carbons (Fsp3) is 0. The molecule has 0 amide bonds. The molecule has 0 aliphatic carbocycles. The number of aromatic nitrogens is 4. The molecule has 2 aromatic heterocycles. The topological polar surface area (TPSA) is 78.8 Å². The van der Waals surface area contributed by atoms with Crippen LogP contribution in [0, 0.1) is 23.3 Å². The molecule has 4 rings (SSSR count). The van der Waals surface area contributed by atoms with Gasteiger partial charge in [0.05, 0.1) is 11.4 Å². The molecule has 2 heterocycles. The van der Waals surface area contributed by atoms with Gasteiger partial charge in [0.15, 0.2) is 5.15 Å². The van der Waals surface area contributed by atoms with Crippen LogP contribution in [0.5, 0.6) is 11.8 Å². The third kappa shape index (κ3) is 3.77. The Hall–Kier alpha value is -3.66. The summed E-state index contributed by atoms with van der Waals surface area (Å²) >= 11 is 5.85. The van der Waals surface area contributed by atoms with E-state index in [-0.39, 0.29) is 39.5 Å². The summed E-state index contributed by atoms with van der Waals surface area (Å²) in [6.07, 6.45) is 1.09. The van der Waals surface area contributed by atoms with Gasteiger partial charge in [-0.15, -0.1) is 0 Å². The molecule has 152 valence electrons. The molecule has 0 spiro atoms. The Balaban J connectivity index is 1.88. The predicted octanol–water partition coefficient (Wildman–Crippen LogP) is 4.91. The predicted molar refractivity (Wildman–Crippen MR) is 100 cm³/mol. The Morgan fingerprint density at radius 2 is 1.63 bits per heavy atom. The Bertz CT molecular complexity index is 1240. The summed E-state index contributed by atoms with van der Waals surface area (Å²) < 4.78 is 61.6. The molecule has 0 saturated carbocycles. The van der Waals surface area contributed by atoms with Gasteiger partial charge in [0.25, 0.3) is 0 Å². The minimum atomic E-state index is -0.888. The molecule has 0 bridgehead atoms. The van der Waals surface area contributed by atoms with Crippen molar-refractivity contribution in [2.45, 2.75) is 0 Å². The van der Waals surface area contributed by atoms with Gasteiger partial charge in [0.2, 0.25) is 11.8 Å². The zero-order chi connectivity index (χ0) is 21.4. The van der Waals surface area contributed by atoms with Gasteiger partial charge in [0, 0.05) is 23.8 Å². The van der Waals surface area contributed by atoms with Crippen molar-refractivity contribution in [3.05, 3.63) is 77.2 Å². The van der Waals surface area contributed by atoms with Crippen molar-refractivity contribution < 1.29 is 22.3 Å². The quantitative estimate of drug-likeness (QED) is 0.364. The molecule has 4 aromatic rings. The summed E-state index contributed by atoms with van der Waals surface area (Å²) in [5.41, 5.74) is 5.58. The molecule has 0 unspecified atom stereocenters. The Morgan fingerprint density at radius 3 is 2.33 bits per heavy atom. The average Bonchev–Trinajstić information content (AvgIpc) is 3.08. The maximum absolute atomic E-state index is 14.2. The van der Waals surface area contributed by atoms with Crippen LogP contribution in [0.15, 0.2) is 48.8 Å². The number of rotatable bonds is 4. The Morgan fingerprint density at radius 1 is 0.900 bits per heavy atom. The van der Waals surface area contributed by atoms with Crippen LogP contribution in [-0.2, 0) is 0 Å². The largest absolute Gasteiger partial charge is 0.418 e. The second-order valence-corrected chi connectivity index (χ2v) is 6.37. The van der Waals surface area contributed by atoms with E-state index in [0.717, 1.165) is 29.2 Å². The van der Waals surface area contributed by atoms with E-state index in [1.165, 1.54) is 12.1 Å². The second kappa shape index (κ2) is 7.64. The standard InChI is InChI=1S/C19H10ClF4N5O/c20-18-17(25)19(27-8-26-18)30-16-7-15(13-2-1-9(21)6-14(13)24)28-29(16)12-4-10(22)3-11(23)5-12/h1-8H,25H2. The van der Waals surface area contributed by atoms with E-state index < -0.39 is 23.3 Å². The number of benzene rings is 2. The van der Waals surface area contributed by atoms with Crippen LogP contribution in [0.4, 0.5) is 23.2 Å². The van der Waals surface area contributed by atoms with Crippen molar-refractivity contribution in [1.82, 2.24) is 19.7 Å². The zero-order valence-electron chi connectivity index (χ0n) is 14.8. The summed E-state index contributed by atoms with van der Waals surface area (Å²) in [7, 11) is 0. The Kier molecular flexibility index (Phi) is 5.00. The molecule has 0 aliphatic heterocycles. The smallest absolute Gasteiger partial charge is 0.249 e. The number of ether oxygens (including phenoxy) is 1. The lowest BCUT2D eigenvalue weighted by atomic mass is 10.1. The third-order valence-electron chi connectivity index (χ3n) is 3.98. The molecule has 0 radical (unpaired) electrons. The van der Waals surface area contributed by atoms with Gasteiger partial charge in [-0.1, -0.05) is 11.6 Å². The van der Waals surface area contributed by atoms with E-state index in [1.54, 1.807) is 0 Å². The van der Waals surface area contributed by atoms with Gasteiger partial charge in [-0.2, -0.15) is 14.8 Å². The molecule has 11 heteroatoms. The Labute approximate surface area is 171 Å². The van der Waals surface area contributed by atoms with Crippen LogP contribution in [-0.4, -0.2) is 19.7 Å². The fourth-order valence-corrected chi connectivity index (χ4v) is 2.78. The monoisotopic (exact) mass is 435 g/mol. The fourth-order valence-electron chi connectivity index (χ4n) is 2.65. The van der Waals surface area contributed by atoms with Crippen LogP contribution in [0.1, 0.15) is 0 Å². The molecular weight excluding hydrogens is 426 g/mol. The highest BCUT2D eigenvalue weighted by Crippen LogP contribution is 2.34. The van der Waals surface area contributed by atoms with Crippen LogP contribution < -0.4 is 10.5 Å². The normalized spacial score (nSPS) is 11.0. The van der Waals surface area contributed by atoms with Gasteiger partial charge >= 0.3 is 0 Å². The minimum Gasteiger partial charge on any atom is -0.418 e. The van der Waals surface area contributed by atoms with Crippen LogP contribution in [0.2, 0.25) is 5.15 Å². The first kappa shape index (κ1) is 19.6. The number of nitrogens with two attached hydrogens (primary N) is 1. The molecular formula is C19H10ClF4N5O. The number of anilines is 1. The lowest BCUT2D eigenvalue weighted by molar-refractivity contribution is 0.428. The number of nitrogens with zero attached hydrogens (tertiary/aromatic N) is 4. The number of halogens is 5. The SMILES string of the molecule is Nc1c(Cl)ncnc1Oc1cc(-c2ccc(F)cc2F)nn1-c1cc(F)cc(F)c1. The highest BCUT2D eigenvalue weighted by Gasteiger charge is 2.19. The number of hydrogen-bond acceptors (Lipinski definition) is 5. The number of nitrogen functional groups attached to an aromatic ring is 1. The van der Waals surface area contributed by atoms with E-state index in [4.69, 9.17) is 22.1 Å². The van der Waals surface area contributed by atoms with Gasteiger partial charge in [0.1, 0.15) is 35.3 Å². The first-order valence-electron chi connectivity index (χ1n) is 8.27. The van der Waals surface area contributed by atoms with E-state index in [1.807, 2.05) is 0 Å². The van der Waals surface area contributed by atoms with Crippen molar-refractivity contribution in [3.63, 3.8) is 0 Å². The molecule has 0 atom stereocenters. The maximum atomic E-state index is 14.2. The van der Waals surface area contributed by atoms with Gasteiger partial charge in [-0.25, -0.2) is 22.5 Å². The zero-order valence-corrected chi connectivity index (χ0v) is 15.5. The van der Waals surface area contributed by atoms with Gasteiger partial charge in [-0.05, 0) is 24.3 Å². The van der Waals surface area contributed by atoms with Crippen molar-refractivity contribution in [3.8, 4) is 28.7 Å². The lowest BCUT2D eigenvalue weighted by Crippen LogP contribution is -2.04. The molecule has 2 N–H and O–H groups in total. The summed E-state index contributed by atoms with van der Waals surface area (Å²) in [6.45, 7) is 0. The molecule has 30 heavy (non-hydrogen) atoms. The van der Waals surface area contributed by atoms with E-state index in [0.29, 0.717) is 12.1 Å². The molecule has 0 aliphatic rings. The maximum Gasteiger partial charge on any atom is 0.249 e. The van der Waals surface area contributed by atoms with Crippen molar-refractivity contribution in [2.75, 3.05) is 5.73 Å². The summed E-state index contributed by atoms with van der Waals surface area (Å²) in [5, 5.41) is 4.07. The van der Waals surface area contributed by atoms with Crippen molar-refractivity contribution in [2.24, 2.45) is 0 Å². The minimum absolute atomic E-state index is 0.00546. The first-order chi connectivity index (χ1) is 14.3. The summed E-state index contributed by atoms with van der Waals surface area (Å²) in [4.78, 5) is 7.56. The van der Waals surface area contributed by atoms with E-state index >= 15 is 0 Å². The van der Waals surface area contributed by atoms with Crippen LogP contribution in [0.25, 0.3) is 16.9 Å². The molecule has 0 fully saturated rings. The van der Waals surface area contributed by atoms with E-state index in [2.05, 4.69) is 15.1 Å². The van der Waals surface area contributed by atoms with Crippen molar-refractivity contribution in [1.29, 1.82) is 0 Å². The highest BCUT2D eigenvalue weighted by molar-refractivity contribution is 6.32. The number of hydrogen-bond donors (Lipinski definition) is 1. The average molecular weight is 436 g/mol. The third-order valence-corrected chi connectivity index (χ3v) is 4.28. The summed E-state index contributed by atoms with van der Waals surface area (Å²) in [6, 6.07) is 6.82. The molecule has 6 nitrogen and oxygen atoms in total. The van der Waals surface area contributed by atoms with Crippen LogP contribution >= 0.6 is 11.6 Å². The van der Waals surface area contributed by atoms with Gasteiger partial charge < -0.3 is 10.5 Å².